The summed E-state index contributed by atoms with van der Waals surface area (Å²) in [4.78, 5) is 25.6. The highest BCUT2D eigenvalue weighted by molar-refractivity contribution is 7.10. The summed E-state index contributed by atoms with van der Waals surface area (Å²) in [5.41, 5.74) is 1.49. The Morgan fingerprint density at radius 2 is 2.13 bits per heavy atom. The molecule has 1 unspecified atom stereocenters. The monoisotopic (exact) mass is 328 g/mol. The molecule has 0 aliphatic carbocycles. The molecule has 1 aliphatic rings. The van der Waals surface area contributed by atoms with Crippen LogP contribution in [0.15, 0.2) is 41.8 Å². The Labute approximate surface area is 139 Å². The normalized spacial score (nSPS) is 20.8. The molecule has 1 atom stereocenters. The highest BCUT2D eigenvalue weighted by atomic mass is 32.1. The molecule has 3 rings (SSSR count). The molecule has 0 spiro atoms. The van der Waals surface area contributed by atoms with E-state index in [1.54, 1.807) is 11.3 Å². The lowest BCUT2D eigenvalue weighted by Gasteiger charge is -2.36. The first-order valence-corrected chi connectivity index (χ1v) is 8.63. The van der Waals surface area contributed by atoms with Gasteiger partial charge in [-0.05, 0) is 35.9 Å². The molecule has 0 radical (unpaired) electrons. The Kier molecular flexibility index (Phi) is 4.48. The van der Waals surface area contributed by atoms with Crippen molar-refractivity contribution in [1.29, 1.82) is 0 Å². The average molecular weight is 328 g/mol. The Hall–Kier alpha value is -2.14. The number of carbonyl (C=O) groups excluding carboxylic acids is 2. The van der Waals surface area contributed by atoms with Crippen molar-refractivity contribution < 1.29 is 9.59 Å². The number of piperidine rings is 1. The van der Waals surface area contributed by atoms with Gasteiger partial charge in [-0.25, -0.2) is 0 Å². The smallest absolute Gasteiger partial charge is 0.232 e. The third kappa shape index (κ3) is 3.29. The van der Waals surface area contributed by atoms with Gasteiger partial charge in [0.2, 0.25) is 11.8 Å². The quantitative estimate of drug-likeness (QED) is 0.906. The topological polar surface area (TPSA) is 58.2 Å². The van der Waals surface area contributed by atoms with Crippen LogP contribution in [0.2, 0.25) is 0 Å². The van der Waals surface area contributed by atoms with Gasteiger partial charge in [0, 0.05) is 17.8 Å². The lowest BCUT2D eigenvalue weighted by atomic mass is 9.73. The van der Waals surface area contributed by atoms with Gasteiger partial charge in [0.1, 0.15) is 0 Å². The van der Waals surface area contributed by atoms with Crippen molar-refractivity contribution in [3.8, 4) is 0 Å². The second kappa shape index (κ2) is 6.54. The van der Waals surface area contributed by atoms with Crippen molar-refractivity contribution in [1.82, 2.24) is 10.6 Å². The summed E-state index contributed by atoms with van der Waals surface area (Å²) in [6, 6.07) is 11.8. The van der Waals surface area contributed by atoms with Crippen molar-refractivity contribution in [3.63, 3.8) is 0 Å². The molecule has 0 saturated carbocycles. The summed E-state index contributed by atoms with van der Waals surface area (Å²) < 4.78 is 0. The maximum Gasteiger partial charge on any atom is 0.232 e. The van der Waals surface area contributed by atoms with E-state index < -0.39 is 5.41 Å². The standard InChI is InChI=1S/C18H20N2O2S/c1-13-9-15(23-11-13)10-19-17(22)18(8-7-16(21)20-12-18)14-5-3-2-4-6-14/h2-6,9,11H,7-8,10,12H2,1H3,(H,19,22)(H,20,21). The molecule has 120 valence electrons. The molecule has 1 fully saturated rings. The lowest BCUT2D eigenvalue weighted by Crippen LogP contribution is -2.55. The number of hydrogen-bond donors (Lipinski definition) is 2. The van der Waals surface area contributed by atoms with Gasteiger partial charge in [-0.15, -0.1) is 11.3 Å². The Balaban J connectivity index is 1.80. The van der Waals surface area contributed by atoms with E-state index in [2.05, 4.69) is 22.1 Å². The van der Waals surface area contributed by atoms with Gasteiger partial charge in [-0.1, -0.05) is 30.3 Å². The van der Waals surface area contributed by atoms with E-state index >= 15 is 0 Å². The number of thiophene rings is 1. The molecular formula is C18H20N2O2S. The van der Waals surface area contributed by atoms with Crippen LogP contribution in [0, 0.1) is 6.92 Å². The van der Waals surface area contributed by atoms with Gasteiger partial charge in [-0.2, -0.15) is 0 Å². The SMILES string of the molecule is Cc1csc(CNC(=O)C2(c3ccccc3)CCC(=O)NC2)c1. The molecule has 2 N–H and O–H groups in total. The third-order valence-corrected chi connectivity index (χ3v) is 5.39. The number of rotatable bonds is 4. The average Bonchev–Trinajstić information content (AvgIpc) is 3.00. The number of aryl methyl sites for hydroxylation is 1. The Bertz CT molecular complexity index is 699. The maximum absolute atomic E-state index is 12.9. The van der Waals surface area contributed by atoms with E-state index in [1.807, 2.05) is 37.3 Å². The molecule has 2 heterocycles. The van der Waals surface area contributed by atoms with Gasteiger partial charge in [0.05, 0.1) is 12.0 Å². The number of benzene rings is 1. The zero-order chi connectivity index (χ0) is 16.3. The van der Waals surface area contributed by atoms with E-state index in [0.717, 1.165) is 10.4 Å². The minimum atomic E-state index is -0.679. The molecule has 0 bridgehead atoms. The van der Waals surface area contributed by atoms with Crippen LogP contribution in [0.4, 0.5) is 0 Å². The number of hydrogen-bond acceptors (Lipinski definition) is 3. The third-order valence-electron chi connectivity index (χ3n) is 4.34. The van der Waals surface area contributed by atoms with Crippen molar-refractivity contribution >= 4 is 23.2 Å². The van der Waals surface area contributed by atoms with Crippen molar-refractivity contribution in [2.75, 3.05) is 6.54 Å². The fourth-order valence-electron chi connectivity index (χ4n) is 3.00. The van der Waals surface area contributed by atoms with E-state index in [9.17, 15) is 9.59 Å². The second-order valence-electron chi connectivity index (χ2n) is 6.00. The van der Waals surface area contributed by atoms with Crippen molar-refractivity contribution in [2.24, 2.45) is 0 Å². The first-order valence-electron chi connectivity index (χ1n) is 7.75. The molecule has 1 aromatic carbocycles. The molecule has 1 aliphatic heterocycles. The van der Waals surface area contributed by atoms with Crippen molar-refractivity contribution in [3.05, 3.63) is 57.8 Å². The summed E-state index contributed by atoms with van der Waals surface area (Å²) in [5, 5.41) is 7.99. The Morgan fingerprint density at radius 3 is 2.74 bits per heavy atom. The summed E-state index contributed by atoms with van der Waals surface area (Å²) in [7, 11) is 0. The van der Waals surface area contributed by atoms with Gasteiger partial charge >= 0.3 is 0 Å². The number of nitrogens with one attached hydrogen (secondary N) is 2. The fraction of sp³-hybridized carbons (Fsp3) is 0.333. The minimum absolute atomic E-state index is 0.0123. The van der Waals surface area contributed by atoms with Crippen LogP contribution in [0.3, 0.4) is 0 Å². The number of carbonyl (C=O) groups is 2. The molecule has 4 nitrogen and oxygen atoms in total. The first kappa shape index (κ1) is 15.7. The summed E-state index contributed by atoms with van der Waals surface area (Å²) in [6.07, 6.45) is 0.915. The minimum Gasteiger partial charge on any atom is -0.355 e. The molecule has 1 saturated heterocycles. The largest absolute Gasteiger partial charge is 0.355 e. The zero-order valence-electron chi connectivity index (χ0n) is 13.1. The van der Waals surface area contributed by atoms with Crippen LogP contribution < -0.4 is 10.6 Å². The predicted molar refractivity (Wildman–Crippen MR) is 91.3 cm³/mol. The van der Waals surface area contributed by atoms with Crippen LogP contribution in [0.25, 0.3) is 0 Å². The summed E-state index contributed by atoms with van der Waals surface area (Å²) in [5.74, 6) is -0.00649. The van der Waals surface area contributed by atoms with Gasteiger partial charge in [-0.3, -0.25) is 9.59 Å². The number of amides is 2. The molecule has 23 heavy (non-hydrogen) atoms. The zero-order valence-corrected chi connectivity index (χ0v) is 13.9. The van der Waals surface area contributed by atoms with Crippen molar-refractivity contribution in [2.45, 2.75) is 31.7 Å². The van der Waals surface area contributed by atoms with E-state index in [4.69, 9.17) is 0 Å². The van der Waals surface area contributed by atoms with Gasteiger partial charge < -0.3 is 10.6 Å². The lowest BCUT2D eigenvalue weighted by molar-refractivity contribution is -0.131. The molecule has 2 amide bonds. The van der Waals surface area contributed by atoms with E-state index in [1.165, 1.54) is 5.56 Å². The fourth-order valence-corrected chi connectivity index (χ4v) is 3.82. The molecular weight excluding hydrogens is 308 g/mol. The van der Waals surface area contributed by atoms with Crippen LogP contribution in [-0.4, -0.2) is 18.4 Å². The van der Waals surface area contributed by atoms with Gasteiger partial charge in [0.25, 0.3) is 0 Å². The molecule has 5 heteroatoms. The maximum atomic E-state index is 12.9. The van der Waals surface area contributed by atoms with E-state index in [-0.39, 0.29) is 11.8 Å². The first-order chi connectivity index (χ1) is 11.1. The summed E-state index contributed by atoms with van der Waals surface area (Å²) in [6.45, 7) is 2.93. The van der Waals surface area contributed by atoms with Crippen LogP contribution in [0.5, 0.6) is 0 Å². The Morgan fingerprint density at radius 1 is 1.35 bits per heavy atom. The van der Waals surface area contributed by atoms with E-state index in [0.29, 0.717) is 25.9 Å². The summed E-state index contributed by atoms with van der Waals surface area (Å²) >= 11 is 1.65. The predicted octanol–water partition coefficient (Wildman–Crippen LogP) is 2.52. The second-order valence-corrected chi connectivity index (χ2v) is 6.99. The van der Waals surface area contributed by atoms with Crippen LogP contribution in [0.1, 0.15) is 28.8 Å². The molecule has 1 aromatic heterocycles. The highest BCUT2D eigenvalue weighted by Gasteiger charge is 2.42. The highest BCUT2D eigenvalue weighted by Crippen LogP contribution is 2.32. The molecule has 2 aromatic rings. The van der Waals surface area contributed by atoms with Gasteiger partial charge in [0.15, 0.2) is 0 Å². The van der Waals surface area contributed by atoms with Crippen LogP contribution in [-0.2, 0) is 21.5 Å². The van der Waals surface area contributed by atoms with Crippen LogP contribution >= 0.6 is 11.3 Å².